The Morgan fingerprint density at radius 1 is 1.03 bits per heavy atom. The smallest absolute Gasteiger partial charge is 0.225 e. The normalized spacial score (nSPS) is 25.9. The molecular formula is C27H33FN2O2. The lowest BCUT2D eigenvalue weighted by atomic mass is 9.81. The monoisotopic (exact) mass is 436 g/mol. The highest BCUT2D eigenvalue weighted by atomic mass is 19.1. The van der Waals surface area contributed by atoms with Crippen LogP contribution in [0, 0.1) is 17.7 Å². The van der Waals surface area contributed by atoms with Gasteiger partial charge >= 0.3 is 0 Å². The second-order valence-electron chi connectivity index (χ2n) is 9.70. The predicted octanol–water partition coefficient (Wildman–Crippen LogP) is 4.49. The zero-order valence-electron chi connectivity index (χ0n) is 18.9. The van der Waals surface area contributed by atoms with Crippen molar-refractivity contribution in [3.63, 3.8) is 0 Å². The third-order valence-corrected chi connectivity index (χ3v) is 7.93. The summed E-state index contributed by atoms with van der Waals surface area (Å²) in [7, 11) is 1.69. The van der Waals surface area contributed by atoms with Gasteiger partial charge in [-0.2, -0.15) is 0 Å². The van der Waals surface area contributed by atoms with E-state index in [1.807, 2.05) is 24.3 Å². The van der Waals surface area contributed by atoms with E-state index in [4.69, 9.17) is 4.74 Å². The van der Waals surface area contributed by atoms with Crippen LogP contribution in [-0.4, -0.2) is 55.0 Å². The molecule has 32 heavy (non-hydrogen) atoms. The second kappa shape index (κ2) is 9.22. The maximum absolute atomic E-state index is 13.2. The van der Waals surface area contributed by atoms with Gasteiger partial charge in [-0.05, 0) is 61.1 Å². The number of nitrogens with zero attached hydrogens (tertiary/aromatic N) is 2. The summed E-state index contributed by atoms with van der Waals surface area (Å²) in [5.74, 6) is 2.15. The number of carbonyl (C=O) groups excluding carboxylic acids is 1. The Bertz CT molecular complexity index is 926. The third-order valence-electron chi connectivity index (χ3n) is 7.93. The van der Waals surface area contributed by atoms with Crippen molar-refractivity contribution in [1.29, 1.82) is 0 Å². The quantitative estimate of drug-likeness (QED) is 0.669. The fourth-order valence-electron chi connectivity index (χ4n) is 5.79. The van der Waals surface area contributed by atoms with Gasteiger partial charge in [0.25, 0.3) is 0 Å². The number of piperidine rings is 1. The van der Waals surface area contributed by atoms with Crippen molar-refractivity contribution < 1.29 is 13.9 Å². The summed E-state index contributed by atoms with van der Waals surface area (Å²) in [6.45, 7) is 3.84. The Kier molecular flexibility index (Phi) is 6.18. The number of carbonyl (C=O) groups is 1. The molecule has 0 aromatic heterocycles. The lowest BCUT2D eigenvalue weighted by Gasteiger charge is -2.40. The van der Waals surface area contributed by atoms with Crippen molar-refractivity contribution >= 4 is 5.91 Å². The van der Waals surface area contributed by atoms with Gasteiger partial charge in [0, 0.05) is 50.0 Å². The van der Waals surface area contributed by atoms with Gasteiger partial charge in [0.1, 0.15) is 11.6 Å². The standard InChI is InChI=1S/C27H33FN2O2/c1-32-23-11-7-20(8-12-23)24-18-30(27(31)21-3-2-4-21)26-14-16-29(17-25(24)26)15-13-19-5-9-22(28)10-6-19/h5-12,21,24-26H,2-4,13-18H2,1H3/t24-,25-,26-/m1/s1. The van der Waals surface area contributed by atoms with Crippen molar-refractivity contribution in [2.75, 3.05) is 33.3 Å². The summed E-state index contributed by atoms with van der Waals surface area (Å²) < 4.78 is 18.6. The molecule has 5 heteroatoms. The Hall–Kier alpha value is -2.40. The van der Waals surface area contributed by atoms with Crippen LogP contribution < -0.4 is 4.74 Å². The van der Waals surface area contributed by atoms with Crippen molar-refractivity contribution in [3.05, 3.63) is 65.5 Å². The first-order valence-corrected chi connectivity index (χ1v) is 12.0. The number of benzene rings is 2. The lowest BCUT2D eigenvalue weighted by Crippen LogP contribution is -2.50. The highest BCUT2D eigenvalue weighted by Gasteiger charge is 2.48. The lowest BCUT2D eigenvalue weighted by molar-refractivity contribution is -0.140. The van der Waals surface area contributed by atoms with Crippen LogP contribution in [0.25, 0.3) is 0 Å². The van der Waals surface area contributed by atoms with Crippen LogP contribution in [0.1, 0.15) is 42.7 Å². The number of halogens is 1. The van der Waals surface area contributed by atoms with E-state index < -0.39 is 0 Å². The number of hydrogen-bond acceptors (Lipinski definition) is 3. The number of fused-ring (bicyclic) bond motifs is 1. The molecule has 4 nitrogen and oxygen atoms in total. The summed E-state index contributed by atoms with van der Waals surface area (Å²) in [5.41, 5.74) is 2.48. The van der Waals surface area contributed by atoms with E-state index >= 15 is 0 Å². The van der Waals surface area contributed by atoms with E-state index in [0.29, 0.717) is 23.8 Å². The summed E-state index contributed by atoms with van der Waals surface area (Å²) in [6, 6.07) is 15.6. The molecule has 1 amide bonds. The minimum Gasteiger partial charge on any atom is -0.497 e. The Labute approximate surface area is 190 Å². The number of rotatable bonds is 6. The van der Waals surface area contributed by atoms with E-state index in [-0.39, 0.29) is 11.7 Å². The maximum atomic E-state index is 13.2. The predicted molar refractivity (Wildman–Crippen MR) is 123 cm³/mol. The highest BCUT2D eigenvalue weighted by Crippen LogP contribution is 2.43. The summed E-state index contributed by atoms with van der Waals surface area (Å²) in [6.07, 6.45) is 5.28. The molecular weight excluding hydrogens is 403 g/mol. The third kappa shape index (κ3) is 4.27. The number of ether oxygens (including phenoxy) is 1. The van der Waals surface area contributed by atoms with Crippen LogP contribution in [0.2, 0.25) is 0 Å². The van der Waals surface area contributed by atoms with Gasteiger partial charge in [0.15, 0.2) is 0 Å². The highest BCUT2D eigenvalue weighted by molar-refractivity contribution is 5.80. The molecule has 0 N–H and O–H groups in total. The molecule has 1 aliphatic carbocycles. The van der Waals surface area contributed by atoms with E-state index in [1.54, 1.807) is 19.2 Å². The van der Waals surface area contributed by atoms with Gasteiger partial charge in [-0.15, -0.1) is 0 Å². The van der Waals surface area contributed by atoms with Gasteiger partial charge in [-0.3, -0.25) is 4.79 Å². The molecule has 1 saturated carbocycles. The molecule has 170 valence electrons. The maximum Gasteiger partial charge on any atom is 0.225 e. The van der Waals surface area contributed by atoms with Crippen molar-refractivity contribution in [3.8, 4) is 5.75 Å². The minimum absolute atomic E-state index is 0.181. The molecule has 3 atom stereocenters. The van der Waals surface area contributed by atoms with Crippen molar-refractivity contribution in [1.82, 2.24) is 9.80 Å². The molecule has 0 radical (unpaired) electrons. The summed E-state index contributed by atoms with van der Waals surface area (Å²) in [4.78, 5) is 18.0. The van der Waals surface area contributed by atoms with Gasteiger partial charge in [-0.25, -0.2) is 4.39 Å². The first-order chi connectivity index (χ1) is 15.6. The number of hydrogen-bond donors (Lipinski definition) is 0. The van der Waals surface area contributed by atoms with Gasteiger partial charge in [0.2, 0.25) is 5.91 Å². The van der Waals surface area contributed by atoms with Crippen LogP contribution in [0.4, 0.5) is 4.39 Å². The largest absolute Gasteiger partial charge is 0.497 e. The van der Waals surface area contributed by atoms with Crippen LogP contribution in [0.15, 0.2) is 48.5 Å². The molecule has 0 unspecified atom stereocenters. The molecule has 3 fully saturated rings. The van der Waals surface area contributed by atoms with Gasteiger partial charge < -0.3 is 14.5 Å². The summed E-state index contributed by atoms with van der Waals surface area (Å²) >= 11 is 0. The number of likely N-dealkylation sites (tertiary alicyclic amines) is 2. The molecule has 2 aliphatic heterocycles. The fraction of sp³-hybridized carbons (Fsp3) is 0.519. The topological polar surface area (TPSA) is 32.8 Å². The summed E-state index contributed by atoms with van der Waals surface area (Å²) in [5, 5.41) is 0. The SMILES string of the molecule is COc1ccc([C@H]2CN(C(=O)C3CCC3)[C@@H]3CCN(CCc4ccc(F)cc4)C[C@H]23)cc1. The first kappa shape index (κ1) is 21.4. The molecule has 0 bridgehead atoms. The molecule has 3 aliphatic rings. The van der Waals surface area contributed by atoms with E-state index in [0.717, 1.165) is 57.6 Å². The van der Waals surface area contributed by atoms with Crippen LogP contribution in [0.3, 0.4) is 0 Å². The zero-order chi connectivity index (χ0) is 22.1. The molecule has 2 aromatic carbocycles. The average molecular weight is 437 g/mol. The Morgan fingerprint density at radius 3 is 2.44 bits per heavy atom. The average Bonchev–Trinajstić information content (AvgIpc) is 3.16. The number of methoxy groups -OCH3 is 1. The zero-order valence-corrected chi connectivity index (χ0v) is 18.9. The van der Waals surface area contributed by atoms with Crippen molar-refractivity contribution in [2.24, 2.45) is 11.8 Å². The van der Waals surface area contributed by atoms with Crippen molar-refractivity contribution in [2.45, 2.75) is 44.1 Å². The molecule has 2 heterocycles. The molecule has 5 rings (SSSR count). The first-order valence-electron chi connectivity index (χ1n) is 12.0. The second-order valence-corrected chi connectivity index (χ2v) is 9.70. The van der Waals surface area contributed by atoms with Crippen LogP contribution in [0.5, 0.6) is 5.75 Å². The molecule has 2 saturated heterocycles. The Balaban J connectivity index is 1.31. The van der Waals surface area contributed by atoms with E-state index in [2.05, 4.69) is 21.9 Å². The van der Waals surface area contributed by atoms with Gasteiger partial charge in [-0.1, -0.05) is 30.7 Å². The fourth-order valence-corrected chi connectivity index (χ4v) is 5.79. The number of amides is 1. The van der Waals surface area contributed by atoms with E-state index in [9.17, 15) is 9.18 Å². The Morgan fingerprint density at radius 2 is 1.78 bits per heavy atom. The van der Waals surface area contributed by atoms with Crippen LogP contribution in [-0.2, 0) is 11.2 Å². The van der Waals surface area contributed by atoms with Crippen LogP contribution >= 0.6 is 0 Å². The molecule has 2 aromatic rings. The van der Waals surface area contributed by atoms with Gasteiger partial charge in [0.05, 0.1) is 7.11 Å². The van der Waals surface area contributed by atoms with E-state index in [1.165, 1.54) is 17.5 Å². The minimum atomic E-state index is -0.181. The molecule has 0 spiro atoms.